The first-order valence-electron chi connectivity index (χ1n) is 3.75. The second-order valence-corrected chi connectivity index (χ2v) is 3.27. The van der Waals surface area contributed by atoms with Crippen molar-refractivity contribution in [2.45, 2.75) is 25.7 Å². The molecule has 0 bridgehead atoms. The summed E-state index contributed by atoms with van der Waals surface area (Å²) in [5.74, 6) is -1.28. The maximum atomic E-state index is 10.7. The Labute approximate surface area is 74.4 Å². The Balaban J connectivity index is 2.73. The number of carboxylic acids is 1. The fraction of sp³-hybridized carbons (Fsp3) is 0.571. The number of nitrogens with zero attached hydrogens (tertiary/aromatic N) is 2. The van der Waals surface area contributed by atoms with Crippen LogP contribution in [-0.4, -0.2) is 20.4 Å². The van der Waals surface area contributed by atoms with E-state index in [0.29, 0.717) is 11.4 Å². The van der Waals surface area contributed by atoms with Crippen LogP contribution in [0.2, 0.25) is 0 Å². The van der Waals surface area contributed by atoms with Gasteiger partial charge in [-0.1, -0.05) is 13.3 Å². The maximum Gasteiger partial charge on any atom is 0.313 e. The fourth-order valence-corrected chi connectivity index (χ4v) is 1.62. The fourth-order valence-electron chi connectivity index (χ4n) is 0.976. The SMILES string of the molecule is CCCC(C(=O)O)c1ncns1. The van der Waals surface area contributed by atoms with Crippen LogP contribution in [0.3, 0.4) is 0 Å². The monoisotopic (exact) mass is 186 g/mol. The highest BCUT2D eigenvalue weighted by Crippen LogP contribution is 2.21. The molecular weight excluding hydrogens is 176 g/mol. The van der Waals surface area contributed by atoms with Crippen molar-refractivity contribution in [2.75, 3.05) is 0 Å². The van der Waals surface area contributed by atoms with E-state index in [1.165, 1.54) is 6.33 Å². The van der Waals surface area contributed by atoms with Gasteiger partial charge in [-0.15, -0.1) is 0 Å². The third-order valence-corrected chi connectivity index (χ3v) is 2.33. The molecule has 1 unspecified atom stereocenters. The van der Waals surface area contributed by atoms with Gasteiger partial charge in [0.15, 0.2) is 0 Å². The smallest absolute Gasteiger partial charge is 0.313 e. The Hall–Kier alpha value is -0.970. The molecule has 1 aromatic heterocycles. The first-order valence-corrected chi connectivity index (χ1v) is 4.52. The first-order chi connectivity index (χ1) is 5.75. The zero-order chi connectivity index (χ0) is 8.97. The molecule has 1 N–H and O–H groups in total. The lowest BCUT2D eigenvalue weighted by Crippen LogP contribution is -2.10. The van der Waals surface area contributed by atoms with Crippen molar-refractivity contribution in [3.05, 3.63) is 11.3 Å². The minimum absolute atomic E-state index is 0.470. The van der Waals surface area contributed by atoms with Crippen LogP contribution < -0.4 is 0 Å². The molecule has 0 aliphatic rings. The summed E-state index contributed by atoms with van der Waals surface area (Å²) in [6.07, 6.45) is 2.87. The molecule has 0 aliphatic carbocycles. The van der Waals surface area contributed by atoms with Gasteiger partial charge < -0.3 is 5.11 Å². The largest absolute Gasteiger partial charge is 0.481 e. The van der Waals surface area contributed by atoms with Crippen molar-refractivity contribution in [2.24, 2.45) is 0 Å². The van der Waals surface area contributed by atoms with E-state index in [0.717, 1.165) is 18.0 Å². The van der Waals surface area contributed by atoms with Crippen molar-refractivity contribution in [1.82, 2.24) is 9.36 Å². The number of aromatic nitrogens is 2. The number of aliphatic carboxylic acids is 1. The van der Waals surface area contributed by atoms with E-state index in [-0.39, 0.29) is 0 Å². The van der Waals surface area contributed by atoms with Gasteiger partial charge in [0, 0.05) is 0 Å². The molecular formula is C7H10N2O2S. The molecule has 1 heterocycles. The number of rotatable bonds is 4. The van der Waals surface area contributed by atoms with E-state index in [2.05, 4.69) is 9.36 Å². The van der Waals surface area contributed by atoms with Crippen LogP contribution in [0.4, 0.5) is 0 Å². The summed E-state index contributed by atoms with van der Waals surface area (Å²) < 4.78 is 3.77. The van der Waals surface area contributed by atoms with Crippen LogP contribution in [0.5, 0.6) is 0 Å². The van der Waals surface area contributed by atoms with Crippen LogP contribution in [0.25, 0.3) is 0 Å². The molecule has 0 radical (unpaired) electrons. The topological polar surface area (TPSA) is 63.1 Å². The molecule has 1 atom stereocenters. The standard InChI is InChI=1S/C7H10N2O2S/c1-2-3-5(7(10)11)6-8-4-9-12-6/h4-5H,2-3H2,1H3,(H,10,11). The highest BCUT2D eigenvalue weighted by Gasteiger charge is 2.21. The third kappa shape index (κ3) is 2.01. The lowest BCUT2D eigenvalue weighted by Gasteiger charge is -2.05. The van der Waals surface area contributed by atoms with Crippen molar-refractivity contribution in [3.8, 4) is 0 Å². The van der Waals surface area contributed by atoms with Crippen molar-refractivity contribution < 1.29 is 9.90 Å². The lowest BCUT2D eigenvalue weighted by molar-refractivity contribution is -0.139. The van der Waals surface area contributed by atoms with Crippen LogP contribution in [0.1, 0.15) is 30.7 Å². The predicted octanol–water partition coefficient (Wildman–Crippen LogP) is 1.51. The van der Waals surface area contributed by atoms with Gasteiger partial charge in [0.25, 0.3) is 0 Å². The van der Waals surface area contributed by atoms with Crippen molar-refractivity contribution in [3.63, 3.8) is 0 Å². The molecule has 0 amide bonds. The van der Waals surface area contributed by atoms with E-state index in [9.17, 15) is 4.79 Å². The molecule has 1 rings (SSSR count). The number of carboxylic acid groups (broad SMARTS) is 1. The van der Waals surface area contributed by atoms with Gasteiger partial charge in [-0.05, 0) is 18.0 Å². The van der Waals surface area contributed by atoms with Gasteiger partial charge in [-0.25, -0.2) is 4.98 Å². The van der Waals surface area contributed by atoms with Crippen LogP contribution >= 0.6 is 11.5 Å². The van der Waals surface area contributed by atoms with Gasteiger partial charge in [0.2, 0.25) is 0 Å². The Morgan fingerprint density at radius 2 is 2.58 bits per heavy atom. The van der Waals surface area contributed by atoms with E-state index < -0.39 is 11.9 Å². The average Bonchev–Trinajstić information content (AvgIpc) is 2.51. The molecule has 0 saturated carbocycles. The number of carbonyl (C=O) groups is 1. The van der Waals surface area contributed by atoms with Gasteiger partial charge >= 0.3 is 5.97 Å². The molecule has 0 aromatic carbocycles. The Morgan fingerprint density at radius 1 is 1.83 bits per heavy atom. The van der Waals surface area contributed by atoms with E-state index >= 15 is 0 Å². The quantitative estimate of drug-likeness (QED) is 0.774. The van der Waals surface area contributed by atoms with Crippen LogP contribution in [0.15, 0.2) is 6.33 Å². The van der Waals surface area contributed by atoms with Gasteiger partial charge in [0.05, 0.1) is 0 Å². The predicted molar refractivity (Wildman–Crippen MR) is 45.2 cm³/mol. The molecule has 12 heavy (non-hydrogen) atoms. The third-order valence-electron chi connectivity index (χ3n) is 1.55. The number of hydrogen-bond donors (Lipinski definition) is 1. The minimum atomic E-state index is -0.811. The van der Waals surface area contributed by atoms with Gasteiger partial charge in [-0.3, -0.25) is 4.79 Å². The maximum absolute atomic E-state index is 10.7. The molecule has 0 saturated heterocycles. The zero-order valence-electron chi connectivity index (χ0n) is 6.73. The highest BCUT2D eigenvalue weighted by molar-refractivity contribution is 7.05. The van der Waals surface area contributed by atoms with Gasteiger partial charge in [-0.2, -0.15) is 4.37 Å². The molecule has 0 spiro atoms. The second kappa shape index (κ2) is 4.15. The summed E-state index contributed by atoms with van der Waals surface area (Å²) >= 11 is 1.16. The summed E-state index contributed by atoms with van der Waals surface area (Å²) in [6, 6.07) is 0. The van der Waals surface area contributed by atoms with Crippen molar-refractivity contribution >= 4 is 17.5 Å². The second-order valence-electron chi connectivity index (χ2n) is 2.46. The van der Waals surface area contributed by atoms with Crippen molar-refractivity contribution in [1.29, 1.82) is 0 Å². The number of hydrogen-bond acceptors (Lipinski definition) is 4. The Morgan fingerprint density at radius 3 is 3.00 bits per heavy atom. The molecule has 0 fully saturated rings. The summed E-state index contributed by atoms with van der Waals surface area (Å²) in [6.45, 7) is 1.96. The molecule has 1 aromatic rings. The van der Waals surface area contributed by atoms with Crippen LogP contribution in [-0.2, 0) is 4.79 Å². The molecule has 66 valence electrons. The summed E-state index contributed by atoms with van der Waals surface area (Å²) in [5.41, 5.74) is 0. The molecule has 5 heteroatoms. The average molecular weight is 186 g/mol. The van der Waals surface area contributed by atoms with Crippen LogP contribution in [0, 0.1) is 0 Å². The normalized spacial score (nSPS) is 12.8. The van der Waals surface area contributed by atoms with E-state index in [4.69, 9.17) is 5.11 Å². The molecule has 4 nitrogen and oxygen atoms in total. The van der Waals surface area contributed by atoms with E-state index in [1.54, 1.807) is 0 Å². The Bertz CT molecular complexity index is 248. The lowest BCUT2D eigenvalue weighted by atomic mass is 10.1. The zero-order valence-corrected chi connectivity index (χ0v) is 7.54. The summed E-state index contributed by atoms with van der Waals surface area (Å²) in [4.78, 5) is 14.6. The first kappa shape index (κ1) is 9.12. The summed E-state index contributed by atoms with van der Waals surface area (Å²) in [7, 11) is 0. The molecule has 0 aliphatic heterocycles. The van der Waals surface area contributed by atoms with Gasteiger partial charge in [0.1, 0.15) is 17.3 Å². The summed E-state index contributed by atoms with van der Waals surface area (Å²) in [5, 5.41) is 9.42. The minimum Gasteiger partial charge on any atom is -0.481 e. The Kier molecular flexibility index (Phi) is 3.16. The highest BCUT2D eigenvalue weighted by atomic mass is 32.1. The van der Waals surface area contributed by atoms with E-state index in [1.807, 2.05) is 6.92 Å².